The van der Waals surface area contributed by atoms with Crippen molar-refractivity contribution in [3.05, 3.63) is 59.9 Å². The van der Waals surface area contributed by atoms with Crippen molar-refractivity contribution in [3.63, 3.8) is 0 Å². The Bertz CT molecular complexity index is 828. The maximum Gasteiger partial charge on any atom is 0.416 e. The minimum atomic E-state index is -4.37. The lowest BCUT2D eigenvalue weighted by molar-refractivity contribution is -0.137. The first-order chi connectivity index (χ1) is 11.4. The average molecular weight is 334 g/mol. The quantitative estimate of drug-likeness (QED) is 0.714. The van der Waals surface area contributed by atoms with E-state index in [2.05, 4.69) is 15.2 Å². The van der Waals surface area contributed by atoms with Gasteiger partial charge in [0.15, 0.2) is 11.6 Å². The number of rotatable bonds is 4. The number of para-hydroxylation sites is 2. The van der Waals surface area contributed by atoms with E-state index in [-0.39, 0.29) is 6.61 Å². The van der Waals surface area contributed by atoms with Gasteiger partial charge in [-0.25, -0.2) is 4.98 Å². The molecule has 3 aromatic rings. The minimum Gasteiger partial charge on any atom is -0.483 e. The second-order valence-electron chi connectivity index (χ2n) is 5.01. The number of nitrogen functional groups attached to an aromatic ring is 1. The lowest BCUT2D eigenvalue weighted by Crippen LogP contribution is -2.04. The van der Waals surface area contributed by atoms with Crippen LogP contribution in [0, 0.1) is 0 Å². The Labute approximate surface area is 135 Å². The number of nitrogens with zero attached hydrogens (tertiary/aromatic N) is 2. The van der Waals surface area contributed by atoms with E-state index in [1.807, 2.05) is 0 Å². The zero-order chi connectivity index (χ0) is 17.2. The third-order valence-electron chi connectivity index (χ3n) is 3.29. The van der Waals surface area contributed by atoms with Crippen LogP contribution in [0.5, 0.6) is 5.75 Å². The van der Waals surface area contributed by atoms with E-state index >= 15 is 0 Å². The van der Waals surface area contributed by atoms with Crippen LogP contribution in [0.1, 0.15) is 11.4 Å². The van der Waals surface area contributed by atoms with Crippen molar-refractivity contribution >= 4 is 5.69 Å². The summed E-state index contributed by atoms with van der Waals surface area (Å²) in [6.45, 7) is 0.113. The van der Waals surface area contributed by atoms with Gasteiger partial charge in [0.2, 0.25) is 0 Å². The van der Waals surface area contributed by atoms with E-state index < -0.39 is 11.7 Å². The van der Waals surface area contributed by atoms with Gasteiger partial charge in [0.1, 0.15) is 12.4 Å². The number of hydrogen-bond acceptors (Lipinski definition) is 4. The number of hydrogen-bond donors (Lipinski definition) is 2. The van der Waals surface area contributed by atoms with Crippen LogP contribution in [0.25, 0.3) is 11.4 Å². The first-order valence-corrected chi connectivity index (χ1v) is 7.00. The van der Waals surface area contributed by atoms with E-state index in [4.69, 9.17) is 10.5 Å². The molecular weight excluding hydrogens is 321 g/mol. The Morgan fingerprint density at radius 2 is 1.75 bits per heavy atom. The van der Waals surface area contributed by atoms with Gasteiger partial charge in [0.25, 0.3) is 0 Å². The summed E-state index contributed by atoms with van der Waals surface area (Å²) in [6, 6.07) is 11.7. The highest BCUT2D eigenvalue weighted by Gasteiger charge is 2.30. The maximum atomic E-state index is 12.6. The molecular formula is C16H13F3N4O. The number of halogens is 3. The highest BCUT2D eigenvalue weighted by Crippen LogP contribution is 2.30. The molecule has 0 aliphatic rings. The van der Waals surface area contributed by atoms with E-state index in [9.17, 15) is 13.2 Å². The van der Waals surface area contributed by atoms with Crippen molar-refractivity contribution in [2.75, 3.05) is 5.73 Å². The number of aromatic amines is 1. The van der Waals surface area contributed by atoms with Gasteiger partial charge in [-0.15, -0.1) is 0 Å². The van der Waals surface area contributed by atoms with Crippen molar-refractivity contribution in [2.45, 2.75) is 12.8 Å². The van der Waals surface area contributed by atoms with E-state index in [1.54, 1.807) is 24.3 Å². The van der Waals surface area contributed by atoms with Gasteiger partial charge in [-0.05, 0) is 24.3 Å². The number of ether oxygens (including phenoxy) is 1. The number of alkyl halides is 3. The highest BCUT2D eigenvalue weighted by atomic mass is 19.4. The largest absolute Gasteiger partial charge is 0.483 e. The number of aromatic nitrogens is 3. The van der Waals surface area contributed by atoms with Gasteiger partial charge in [0.05, 0.1) is 11.3 Å². The number of nitrogens with two attached hydrogens (primary N) is 1. The monoisotopic (exact) mass is 334 g/mol. The van der Waals surface area contributed by atoms with Crippen LogP contribution >= 0.6 is 0 Å². The van der Waals surface area contributed by atoms with Gasteiger partial charge >= 0.3 is 6.18 Å². The SMILES string of the molecule is Nc1ccccc1OCc1nc(-c2ccc(C(F)(F)F)cc2)n[nH]1. The molecule has 24 heavy (non-hydrogen) atoms. The molecule has 2 aromatic carbocycles. The minimum absolute atomic E-state index is 0.113. The number of H-pyrrole nitrogens is 1. The molecule has 8 heteroatoms. The fourth-order valence-corrected chi connectivity index (χ4v) is 2.06. The average Bonchev–Trinajstić information content (AvgIpc) is 3.02. The lowest BCUT2D eigenvalue weighted by atomic mass is 10.1. The maximum absolute atomic E-state index is 12.6. The predicted molar refractivity (Wildman–Crippen MR) is 82.0 cm³/mol. The highest BCUT2D eigenvalue weighted by molar-refractivity contribution is 5.55. The zero-order valence-electron chi connectivity index (χ0n) is 12.3. The molecule has 0 amide bonds. The molecule has 0 unspecified atom stereocenters. The summed E-state index contributed by atoms with van der Waals surface area (Å²) in [5, 5.41) is 6.67. The fourth-order valence-electron chi connectivity index (χ4n) is 2.06. The van der Waals surface area contributed by atoms with Gasteiger partial charge in [-0.2, -0.15) is 18.3 Å². The number of benzene rings is 2. The zero-order valence-corrected chi connectivity index (χ0v) is 12.3. The van der Waals surface area contributed by atoms with Crippen LogP contribution in [0.3, 0.4) is 0 Å². The van der Waals surface area contributed by atoms with Gasteiger partial charge < -0.3 is 10.5 Å². The summed E-state index contributed by atoms with van der Waals surface area (Å²) in [6.07, 6.45) is -4.37. The Kier molecular flexibility index (Phi) is 4.11. The molecule has 0 radical (unpaired) electrons. The third kappa shape index (κ3) is 3.48. The lowest BCUT2D eigenvalue weighted by Gasteiger charge is -2.06. The Hall–Kier alpha value is -3.03. The Morgan fingerprint density at radius 3 is 2.42 bits per heavy atom. The van der Waals surface area contributed by atoms with E-state index in [1.165, 1.54) is 12.1 Å². The molecule has 3 N–H and O–H groups in total. The first kappa shape index (κ1) is 15.9. The standard InChI is InChI=1S/C16H13F3N4O/c17-16(18,19)11-7-5-10(6-8-11)15-21-14(22-23-15)9-24-13-4-2-1-3-12(13)20/h1-8H,9,20H2,(H,21,22,23). The van der Waals surface area contributed by atoms with E-state index in [0.717, 1.165) is 12.1 Å². The topological polar surface area (TPSA) is 76.8 Å². The van der Waals surface area contributed by atoms with E-state index in [0.29, 0.717) is 28.6 Å². The normalized spacial score (nSPS) is 11.5. The van der Waals surface area contributed by atoms with Crippen LogP contribution in [-0.2, 0) is 12.8 Å². The number of nitrogens with one attached hydrogen (secondary N) is 1. The molecule has 0 saturated heterocycles. The Balaban J connectivity index is 1.70. The molecule has 0 fully saturated rings. The molecule has 0 bridgehead atoms. The summed E-state index contributed by atoms with van der Waals surface area (Å²) >= 11 is 0. The van der Waals surface area contributed by atoms with Crippen molar-refractivity contribution in [3.8, 4) is 17.1 Å². The molecule has 1 aromatic heterocycles. The molecule has 0 spiro atoms. The van der Waals surface area contributed by atoms with Crippen LogP contribution in [-0.4, -0.2) is 15.2 Å². The molecule has 0 aliphatic heterocycles. The van der Waals surface area contributed by atoms with Crippen molar-refractivity contribution in [1.82, 2.24) is 15.2 Å². The summed E-state index contributed by atoms with van der Waals surface area (Å²) in [5.41, 5.74) is 6.03. The molecule has 1 heterocycles. The fraction of sp³-hybridized carbons (Fsp3) is 0.125. The molecule has 3 rings (SSSR count). The summed E-state index contributed by atoms with van der Waals surface area (Å²) in [7, 11) is 0. The predicted octanol–water partition coefficient (Wildman–Crippen LogP) is 3.65. The Morgan fingerprint density at radius 1 is 1.04 bits per heavy atom. The molecule has 124 valence electrons. The third-order valence-corrected chi connectivity index (χ3v) is 3.29. The first-order valence-electron chi connectivity index (χ1n) is 7.00. The van der Waals surface area contributed by atoms with Gasteiger partial charge in [-0.1, -0.05) is 24.3 Å². The molecule has 5 nitrogen and oxygen atoms in total. The van der Waals surface area contributed by atoms with Crippen LogP contribution in [0.15, 0.2) is 48.5 Å². The molecule has 0 saturated carbocycles. The summed E-state index contributed by atoms with van der Waals surface area (Å²) in [5.74, 6) is 1.25. The van der Waals surface area contributed by atoms with Crippen molar-refractivity contribution < 1.29 is 17.9 Å². The van der Waals surface area contributed by atoms with Gasteiger partial charge in [-0.3, -0.25) is 5.10 Å². The second-order valence-corrected chi connectivity index (χ2v) is 5.01. The second kappa shape index (κ2) is 6.23. The summed E-state index contributed by atoms with van der Waals surface area (Å²) in [4.78, 5) is 4.20. The van der Waals surface area contributed by atoms with Crippen LogP contribution < -0.4 is 10.5 Å². The molecule has 0 atom stereocenters. The van der Waals surface area contributed by atoms with Crippen LogP contribution in [0.2, 0.25) is 0 Å². The smallest absolute Gasteiger partial charge is 0.416 e. The molecule has 0 aliphatic carbocycles. The number of anilines is 1. The van der Waals surface area contributed by atoms with Crippen LogP contribution in [0.4, 0.5) is 18.9 Å². The van der Waals surface area contributed by atoms with Gasteiger partial charge in [0, 0.05) is 5.56 Å². The van der Waals surface area contributed by atoms with Crippen molar-refractivity contribution in [1.29, 1.82) is 0 Å². The van der Waals surface area contributed by atoms with Crippen molar-refractivity contribution in [2.24, 2.45) is 0 Å². The summed E-state index contributed by atoms with van der Waals surface area (Å²) < 4.78 is 43.2.